The fourth-order valence-corrected chi connectivity index (χ4v) is 3.58. The molecule has 4 nitrogen and oxygen atoms in total. The molecular weight excluding hydrogens is 386 g/mol. The minimum absolute atomic E-state index is 0.0797. The summed E-state index contributed by atoms with van der Waals surface area (Å²) < 4.78 is 5.81. The number of hydrogen-bond donors (Lipinski definition) is 0. The molecule has 0 bridgehead atoms. The molecule has 0 N–H and O–H groups in total. The lowest BCUT2D eigenvalue weighted by atomic mass is 10.0. The zero-order chi connectivity index (χ0) is 20.6. The first-order valence-electron chi connectivity index (χ1n) is 9.34. The number of carbonyl (C=O) groups is 2. The molecule has 1 amide bonds. The molecule has 29 heavy (non-hydrogen) atoms. The third-order valence-corrected chi connectivity index (χ3v) is 5.19. The Morgan fingerprint density at radius 3 is 2.31 bits per heavy atom. The number of hydrogen-bond acceptors (Lipinski definition) is 3. The van der Waals surface area contributed by atoms with E-state index in [1.807, 2.05) is 42.5 Å². The van der Waals surface area contributed by atoms with E-state index < -0.39 is 5.60 Å². The Labute approximate surface area is 174 Å². The first kappa shape index (κ1) is 19.2. The lowest BCUT2D eigenvalue weighted by Crippen LogP contribution is -2.53. The van der Waals surface area contributed by atoms with Crippen LogP contribution in [0.5, 0.6) is 5.75 Å². The van der Waals surface area contributed by atoms with Crippen LogP contribution in [-0.2, 0) is 4.79 Å². The third-order valence-electron chi connectivity index (χ3n) is 4.95. The molecule has 1 aliphatic heterocycles. The number of halogens is 1. The molecule has 0 radical (unpaired) electrons. The average molecular weight is 406 g/mol. The minimum atomic E-state index is -1.06. The normalized spacial score (nSPS) is 14.9. The van der Waals surface area contributed by atoms with Gasteiger partial charge in [-0.15, -0.1) is 0 Å². The summed E-state index contributed by atoms with van der Waals surface area (Å²) in [5, 5.41) is 0.476. The maximum atomic E-state index is 12.9. The van der Waals surface area contributed by atoms with Gasteiger partial charge in [0.15, 0.2) is 11.4 Å². The minimum Gasteiger partial charge on any atom is -0.476 e. The fourth-order valence-electron chi connectivity index (χ4n) is 3.41. The molecule has 1 aliphatic rings. The Hall–Kier alpha value is -3.11. The number of ether oxygens (including phenoxy) is 1. The number of amides is 1. The van der Waals surface area contributed by atoms with Crippen molar-refractivity contribution in [3.8, 4) is 16.9 Å². The number of anilines is 1. The zero-order valence-electron chi connectivity index (χ0n) is 16.2. The van der Waals surface area contributed by atoms with Crippen LogP contribution < -0.4 is 9.64 Å². The second kappa shape index (κ2) is 7.37. The van der Waals surface area contributed by atoms with Gasteiger partial charge in [0.1, 0.15) is 5.75 Å². The van der Waals surface area contributed by atoms with Crippen LogP contribution in [0.3, 0.4) is 0 Å². The summed E-state index contributed by atoms with van der Waals surface area (Å²) in [7, 11) is 0. The number of benzene rings is 3. The van der Waals surface area contributed by atoms with Crippen LogP contribution in [0.2, 0.25) is 5.02 Å². The van der Waals surface area contributed by atoms with Gasteiger partial charge in [-0.05, 0) is 43.2 Å². The van der Waals surface area contributed by atoms with Crippen molar-refractivity contribution < 1.29 is 14.3 Å². The van der Waals surface area contributed by atoms with E-state index in [9.17, 15) is 9.59 Å². The van der Waals surface area contributed by atoms with Gasteiger partial charge in [0.05, 0.1) is 12.2 Å². The lowest BCUT2D eigenvalue weighted by molar-refractivity contribution is -0.132. The molecule has 0 unspecified atom stereocenters. The van der Waals surface area contributed by atoms with Crippen LogP contribution >= 0.6 is 11.6 Å². The highest BCUT2D eigenvalue weighted by Crippen LogP contribution is 2.39. The van der Waals surface area contributed by atoms with Crippen LogP contribution in [0.15, 0.2) is 72.8 Å². The molecule has 0 saturated carbocycles. The van der Waals surface area contributed by atoms with Crippen molar-refractivity contribution in [3.05, 3.63) is 83.4 Å². The molecule has 0 atom stereocenters. The maximum absolute atomic E-state index is 12.9. The van der Waals surface area contributed by atoms with E-state index >= 15 is 0 Å². The van der Waals surface area contributed by atoms with Crippen molar-refractivity contribution in [2.45, 2.75) is 19.4 Å². The molecule has 0 spiro atoms. The van der Waals surface area contributed by atoms with Crippen LogP contribution in [-0.4, -0.2) is 23.8 Å². The second-order valence-electron chi connectivity index (χ2n) is 7.48. The van der Waals surface area contributed by atoms with E-state index in [0.29, 0.717) is 22.0 Å². The highest BCUT2D eigenvalue weighted by molar-refractivity contribution is 6.31. The Balaban J connectivity index is 1.61. The second-order valence-corrected chi connectivity index (χ2v) is 7.92. The largest absolute Gasteiger partial charge is 0.476 e. The first-order valence-corrected chi connectivity index (χ1v) is 9.72. The lowest BCUT2D eigenvalue weighted by Gasteiger charge is -2.38. The Morgan fingerprint density at radius 2 is 1.62 bits per heavy atom. The molecule has 0 aliphatic carbocycles. The highest BCUT2D eigenvalue weighted by atomic mass is 35.5. The van der Waals surface area contributed by atoms with Gasteiger partial charge in [0.25, 0.3) is 5.91 Å². The number of carbonyl (C=O) groups excluding carboxylic acids is 2. The molecule has 0 saturated heterocycles. The Kier molecular flexibility index (Phi) is 4.89. The predicted molar refractivity (Wildman–Crippen MR) is 115 cm³/mol. The van der Waals surface area contributed by atoms with Gasteiger partial charge in [-0.1, -0.05) is 66.2 Å². The average Bonchev–Trinajstić information content (AvgIpc) is 2.72. The SMILES string of the molecule is CC1(C)Oc2ccc(Cl)cc2N(CC(=O)c2ccc(-c3ccccc3)cc2)C1=O. The summed E-state index contributed by atoms with van der Waals surface area (Å²) in [6, 6.07) is 22.4. The predicted octanol–water partition coefficient (Wildman–Crippen LogP) is 5.39. The van der Waals surface area contributed by atoms with Crippen molar-refractivity contribution in [1.82, 2.24) is 0 Å². The van der Waals surface area contributed by atoms with Gasteiger partial charge in [0.2, 0.25) is 0 Å². The summed E-state index contributed by atoms with van der Waals surface area (Å²) in [5.41, 5.74) is 2.11. The van der Waals surface area contributed by atoms with Crippen LogP contribution in [0.25, 0.3) is 11.1 Å². The number of rotatable bonds is 4. The molecule has 0 fully saturated rings. The van der Waals surface area contributed by atoms with Crippen molar-refractivity contribution >= 4 is 29.0 Å². The van der Waals surface area contributed by atoms with Gasteiger partial charge in [-0.25, -0.2) is 0 Å². The van der Waals surface area contributed by atoms with E-state index in [1.165, 1.54) is 4.90 Å². The molecule has 3 aromatic rings. The summed E-state index contributed by atoms with van der Waals surface area (Å²) in [4.78, 5) is 27.3. The van der Waals surface area contributed by atoms with Crippen molar-refractivity contribution in [3.63, 3.8) is 0 Å². The number of ketones is 1. The van der Waals surface area contributed by atoms with E-state index in [0.717, 1.165) is 11.1 Å². The Morgan fingerprint density at radius 1 is 0.966 bits per heavy atom. The third kappa shape index (κ3) is 3.76. The molecular formula is C24H20ClNO3. The van der Waals surface area contributed by atoms with Crippen LogP contribution in [0.4, 0.5) is 5.69 Å². The smallest absolute Gasteiger partial charge is 0.271 e. The summed E-state index contributed by atoms with van der Waals surface area (Å²) in [5.74, 6) is 0.106. The summed E-state index contributed by atoms with van der Waals surface area (Å²) in [6.45, 7) is 3.31. The number of nitrogens with zero attached hydrogens (tertiary/aromatic N) is 1. The van der Waals surface area contributed by atoms with E-state index in [-0.39, 0.29) is 18.2 Å². The van der Waals surface area contributed by atoms with E-state index in [1.54, 1.807) is 44.2 Å². The molecule has 5 heteroatoms. The van der Waals surface area contributed by atoms with Crippen LogP contribution in [0.1, 0.15) is 24.2 Å². The van der Waals surface area contributed by atoms with Crippen LogP contribution in [0, 0.1) is 0 Å². The Bertz CT molecular complexity index is 1080. The van der Waals surface area contributed by atoms with Gasteiger partial charge in [0, 0.05) is 10.6 Å². The number of Topliss-reactive ketones (excluding diaryl/α,β-unsaturated/α-hetero) is 1. The van der Waals surface area contributed by atoms with Crippen molar-refractivity contribution in [2.75, 3.05) is 11.4 Å². The van der Waals surface area contributed by atoms with Gasteiger partial charge < -0.3 is 4.74 Å². The van der Waals surface area contributed by atoms with E-state index in [2.05, 4.69) is 0 Å². The topological polar surface area (TPSA) is 46.6 Å². The van der Waals surface area contributed by atoms with Crippen molar-refractivity contribution in [1.29, 1.82) is 0 Å². The monoisotopic (exact) mass is 405 g/mol. The zero-order valence-corrected chi connectivity index (χ0v) is 16.9. The summed E-state index contributed by atoms with van der Waals surface area (Å²) in [6.07, 6.45) is 0. The molecule has 146 valence electrons. The van der Waals surface area contributed by atoms with E-state index in [4.69, 9.17) is 16.3 Å². The van der Waals surface area contributed by atoms with Gasteiger partial charge in [-0.3, -0.25) is 14.5 Å². The fraction of sp³-hybridized carbons (Fsp3) is 0.167. The number of fused-ring (bicyclic) bond motifs is 1. The van der Waals surface area contributed by atoms with Crippen molar-refractivity contribution in [2.24, 2.45) is 0 Å². The van der Waals surface area contributed by atoms with Gasteiger partial charge in [-0.2, -0.15) is 0 Å². The molecule has 1 heterocycles. The molecule has 4 rings (SSSR count). The first-order chi connectivity index (χ1) is 13.8. The molecule has 0 aromatic heterocycles. The quantitative estimate of drug-likeness (QED) is 0.546. The standard InChI is InChI=1S/C24H20ClNO3/c1-24(2)23(28)26(20-14-19(25)12-13-22(20)29-24)15-21(27)18-10-8-17(9-11-18)16-6-4-3-5-7-16/h3-14H,15H2,1-2H3. The highest BCUT2D eigenvalue weighted by Gasteiger charge is 2.41. The molecule has 3 aromatic carbocycles. The van der Waals surface area contributed by atoms with Gasteiger partial charge >= 0.3 is 0 Å². The maximum Gasteiger partial charge on any atom is 0.271 e. The summed E-state index contributed by atoms with van der Waals surface area (Å²) >= 11 is 6.11.